The normalized spacial score (nSPS) is 12.1. The minimum atomic E-state index is -0.160. The van der Waals surface area contributed by atoms with E-state index in [4.69, 9.17) is 9.47 Å². The van der Waals surface area contributed by atoms with E-state index in [9.17, 15) is 0 Å². The number of rotatable bonds is 4. The van der Waals surface area contributed by atoms with E-state index in [-0.39, 0.29) is 11.2 Å². The van der Waals surface area contributed by atoms with Crippen molar-refractivity contribution in [3.8, 4) is 11.5 Å². The molecule has 2 rings (SSSR count). The molecule has 3 heteroatoms. The Morgan fingerprint density at radius 2 is 0.870 bits per heavy atom. The molecule has 0 N–H and O–H groups in total. The average Bonchev–Trinajstić information content (AvgIpc) is 2.40. The van der Waals surface area contributed by atoms with E-state index in [1.165, 1.54) is 10.6 Å². The average molecular weight is 330 g/mol. The van der Waals surface area contributed by atoms with Gasteiger partial charge in [-0.25, -0.2) is 0 Å². The van der Waals surface area contributed by atoms with Gasteiger partial charge in [-0.1, -0.05) is 32.8 Å². The molecule has 23 heavy (non-hydrogen) atoms. The minimum absolute atomic E-state index is 0.160. The maximum atomic E-state index is 5.86. The van der Waals surface area contributed by atoms with Gasteiger partial charge in [0.05, 0.1) is 0 Å². The summed E-state index contributed by atoms with van der Waals surface area (Å²) in [5.74, 6) is 1.83. The monoisotopic (exact) mass is 330 g/mol. The number of hydrogen-bond donors (Lipinski definition) is 0. The first-order valence-electron chi connectivity index (χ1n) is 7.96. The molecule has 0 aromatic heterocycles. The van der Waals surface area contributed by atoms with Gasteiger partial charge in [0.15, 0.2) is 0 Å². The van der Waals surface area contributed by atoms with E-state index >= 15 is 0 Å². The third-order valence-electron chi connectivity index (χ3n) is 2.85. The van der Waals surface area contributed by atoms with Crippen molar-refractivity contribution in [2.75, 3.05) is 0 Å². The van der Waals surface area contributed by atoms with Crippen LogP contribution in [-0.4, -0.2) is 11.2 Å². The maximum Gasteiger partial charge on any atom is 0.120 e. The zero-order valence-corrected chi connectivity index (χ0v) is 15.9. The second-order valence-corrected chi connectivity index (χ2v) is 9.01. The molecule has 2 aromatic carbocycles. The molecule has 0 bridgehead atoms. The first-order valence-corrected chi connectivity index (χ1v) is 8.96. The fourth-order valence-corrected chi connectivity index (χ4v) is 3.09. The molecular weight excluding hydrogens is 303 g/mol. The van der Waals surface area contributed by atoms with Crippen LogP contribution in [0.3, 0.4) is 0 Å². The predicted octanol–water partition coefficient (Wildman–Crippen LogP) is 4.67. The molecule has 0 saturated heterocycles. The van der Waals surface area contributed by atoms with E-state index in [0.29, 0.717) is 8.58 Å². The first-order chi connectivity index (χ1) is 10.6. The molecule has 2 aromatic rings. The third-order valence-corrected chi connectivity index (χ3v) is 4.09. The molecule has 0 radical (unpaired) electrons. The van der Waals surface area contributed by atoms with Gasteiger partial charge in [0.25, 0.3) is 0 Å². The van der Waals surface area contributed by atoms with Crippen LogP contribution in [0.2, 0.25) is 0 Å². The van der Waals surface area contributed by atoms with Gasteiger partial charge in [-0.3, -0.25) is 0 Å². The lowest BCUT2D eigenvalue weighted by Gasteiger charge is -2.21. The SMILES string of the molecule is CC(C)(C)Oc1ccc(Pc2ccc(OC(C)(C)C)cc2)cc1. The van der Waals surface area contributed by atoms with Crippen molar-refractivity contribution in [3.63, 3.8) is 0 Å². The van der Waals surface area contributed by atoms with Crippen LogP contribution in [0.4, 0.5) is 0 Å². The number of benzene rings is 2. The number of hydrogen-bond acceptors (Lipinski definition) is 2. The highest BCUT2D eigenvalue weighted by Crippen LogP contribution is 2.21. The standard InChI is InChI=1S/C20H27O2P/c1-19(2,3)21-15-7-11-17(12-8-15)23-18-13-9-16(10-14-18)22-20(4,5)6/h7-14,23H,1-6H3. The molecule has 0 aliphatic carbocycles. The predicted molar refractivity (Wildman–Crippen MR) is 101 cm³/mol. The fourth-order valence-electron chi connectivity index (χ4n) is 2.09. The Morgan fingerprint density at radius 3 is 1.13 bits per heavy atom. The smallest absolute Gasteiger partial charge is 0.120 e. The summed E-state index contributed by atoms with van der Waals surface area (Å²) in [5.41, 5.74) is -0.320. The zero-order valence-electron chi connectivity index (χ0n) is 14.9. The van der Waals surface area contributed by atoms with Crippen molar-refractivity contribution in [2.45, 2.75) is 52.7 Å². The Labute approximate surface area is 142 Å². The molecule has 0 amide bonds. The molecule has 0 aliphatic rings. The molecular formula is C20H27O2P. The zero-order chi connectivity index (χ0) is 17.1. The van der Waals surface area contributed by atoms with E-state index in [0.717, 1.165) is 11.5 Å². The molecule has 0 atom stereocenters. The molecule has 0 saturated carbocycles. The van der Waals surface area contributed by atoms with Gasteiger partial charge in [0.2, 0.25) is 0 Å². The largest absolute Gasteiger partial charge is 0.488 e. The second kappa shape index (κ2) is 6.93. The Kier molecular flexibility index (Phi) is 5.37. The molecule has 0 fully saturated rings. The van der Waals surface area contributed by atoms with Crippen molar-refractivity contribution in [3.05, 3.63) is 48.5 Å². The van der Waals surface area contributed by atoms with E-state index in [2.05, 4.69) is 65.8 Å². The summed E-state index contributed by atoms with van der Waals surface area (Å²) < 4.78 is 11.7. The van der Waals surface area contributed by atoms with Crippen LogP contribution in [0.5, 0.6) is 11.5 Å². The van der Waals surface area contributed by atoms with Gasteiger partial charge < -0.3 is 9.47 Å². The molecule has 124 valence electrons. The highest BCUT2D eigenvalue weighted by atomic mass is 31.1. The Bertz CT molecular complexity index is 559. The van der Waals surface area contributed by atoms with E-state index in [1.807, 2.05) is 24.3 Å². The molecule has 2 nitrogen and oxygen atoms in total. The lowest BCUT2D eigenvalue weighted by Crippen LogP contribution is -2.23. The van der Waals surface area contributed by atoms with Crippen LogP contribution in [0.1, 0.15) is 41.5 Å². The molecule has 0 spiro atoms. The van der Waals surface area contributed by atoms with Crippen LogP contribution in [-0.2, 0) is 0 Å². The van der Waals surface area contributed by atoms with Gasteiger partial charge in [-0.15, -0.1) is 0 Å². The van der Waals surface area contributed by atoms with Crippen LogP contribution in [0.25, 0.3) is 0 Å². The topological polar surface area (TPSA) is 18.5 Å². The van der Waals surface area contributed by atoms with Crippen molar-refractivity contribution < 1.29 is 9.47 Å². The Hall–Kier alpha value is -1.53. The second-order valence-electron chi connectivity index (χ2n) is 7.60. The summed E-state index contributed by atoms with van der Waals surface area (Å²) in [4.78, 5) is 0. The van der Waals surface area contributed by atoms with E-state index in [1.54, 1.807) is 0 Å². The van der Waals surface area contributed by atoms with Gasteiger partial charge in [-0.05, 0) is 76.4 Å². The first kappa shape index (κ1) is 17.8. The van der Waals surface area contributed by atoms with Gasteiger partial charge in [0, 0.05) is 0 Å². The summed E-state index contributed by atoms with van der Waals surface area (Å²) in [6, 6.07) is 16.7. The Balaban J connectivity index is 1.99. The lowest BCUT2D eigenvalue weighted by molar-refractivity contribution is 0.130. The van der Waals surface area contributed by atoms with Crippen molar-refractivity contribution in [1.82, 2.24) is 0 Å². The number of ether oxygens (including phenoxy) is 2. The summed E-state index contributed by atoms with van der Waals surface area (Å²) in [7, 11) is 0.634. The van der Waals surface area contributed by atoms with Gasteiger partial charge >= 0.3 is 0 Å². The molecule has 0 unspecified atom stereocenters. The summed E-state index contributed by atoms with van der Waals surface area (Å²) >= 11 is 0. The summed E-state index contributed by atoms with van der Waals surface area (Å²) in [6.07, 6.45) is 0. The fraction of sp³-hybridized carbons (Fsp3) is 0.400. The molecule has 0 aliphatic heterocycles. The van der Waals surface area contributed by atoms with Crippen molar-refractivity contribution >= 4 is 19.2 Å². The van der Waals surface area contributed by atoms with Crippen LogP contribution < -0.4 is 20.1 Å². The van der Waals surface area contributed by atoms with E-state index < -0.39 is 0 Å². The highest BCUT2D eigenvalue weighted by Gasteiger charge is 2.12. The third kappa shape index (κ3) is 6.62. The van der Waals surface area contributed by atoms with Crippen LogP contribution in [0.15, 0.2) is 48.5 Å². The van der Waals surface area contributed by atoms with Crippen LogP contribution >= 0.6 is 8.58 Å². The Morgan fingerprint density at radius 1 is 0.565 bits per heavy atom. The maximum absolute atomic E-state index is 5.86. The van der Waals surface area contributed by atoms with Gasteiger partial charge in [0.1, 0.15) is 22.7 Å². The minimum Gasteiger partial charge on any atom is -0.488 e. The van der Waals surface area contributed by atoms with Crippen LogP contribution in [0, 0.1) is 0 Å². The summed E-state index contributed by atoms with van der Waals surface area (Å²) in [6.45, 7) is 12.4. The summed E-state index contributed by atoms with van der Waals surface area (Å²) in [5, 5.41) is 2.60. The lowest BCUT2D eigenvalue weighted by atomic mass is 10.2. The van der Waals surface area contributed by atoms with Crippen molar-refractivity contribution in [2.24, 2.45) is 0 Å². The van der Waals surface area contributed by atoms with Gasteiger partial charge in [-0.2, -0.15) is 0 Å². The van der Waals surface area contributed by atoms with Crippen molar-refractivity contribution in [1.29, 1.82) is 0 Å². The molecule has 0 heterocycles. The quantitative estimate of drug-likeness (QED) is 0.759. The highest BCUT2D eigenvalue weighted by molar-refractivity contribution is 7.55.